The van der Waals surface area contributed by atoms with Crippen LogP contribution in [0.15, 0.2) is 0 Å². The molecule has 0 heterocycles. The predicted molar refractivity (Wildman–Crippen MR) is 110 cm³/mol. The van der Waals surface area contributed by atoms with E-state index in [-0.39, 0.29) is 0 Å². The zero-order valence-electron chi connectivity index (χ0n) is 20.0. The summed E-state index contributed by atoms with van der Waals surface area (Å²) in [5.41, 5.74) is 0. The number of nitrogens with one attached hydrogen (secondary N) is 2. The monoisotopic (exact) mass is 490 g/mol. The van der Waals surface area contributed by atoms with E-state index < -0.39 is 78.8 Å². The van der Waals surface area contributed by atoms with Gasteiger partial charge >= 0.3 is 29.8 Å². The molecule has 0 aliphatic carbocycles. The van der Waals surface area contributed by atoms with E-state index in [1.54, 1.807) is 0 Å². The van der Waals surface area contributed by atoms with Crippen molar-refractivity contribution in [1.82, 2.24) is 10.6 Å². The molecule has 0 saturated heterocycles. The number of carbonyl (C=O) groups is 7. The van der Waals surface area contributed by atoms with Crippen molar-refractivity contribution in [3.63, 3.8) is 0 Å². The van der Waals surface area contributed by atoms with Gasteiger partial charge in [0, 0.05) is 48.5 Å². The lowest BCUT2D eigenvalue weighted by Crippen LogP contribution is -2.63. The maximum Gasteiger partial charge on any atom is 0.303 e. The molecule has 0 aromatic heterocycles. The minimum Gasteiger partial charge on any atom is -0.462 e. The summed E-state index contributed by atoms with van der Waals surface area (Å²) < 4.78 is 25.7. The van der Waals surface area contributed by atoms with Crippen LogP contribution in [0.4, 0.5) is 0 Å². The summed E-state index contributed by atoms with van der Waals surface area (Å²) in [5.74, 6) is -5.78. The fourth-order valence-corrected chi connectivity index (χ4v) is 2.82. The van der Waals surface area contributed by atoms with Gasteiger partial charge in [-0.2, -0.15) is 0 Å². The van der Waals surface area contributed by atoms with Gasteiger partial charge in [-0.25, -0.2) is 0 Å². The Hall–Kier alpha value is -3.71. The van der Waals surface area contributed by atoms with Crippen molar-refractivity contribution in [2.24, 2.45) is 0 Å². The van der Waals surface area contributed by atoms with Crippen LogP contribution < -0.4 is 10.6 Å². The number of ether oxygens (including phenoxy) is 5. The number of carbonyl (C=O) groups excluding carboxylic acids is 7. The number of amides is 2. The Morgan fingerprint density at radius 1 is 0.529 bits per heavy atom. The lowest BCUT2D eigenvalue weighted by molar-refractivity contribution is -0.205. The van der Waals surface area contributed by atoms with Crippen molar-refractivity contribution < 1.29 is 57.2 Å². The van der Waals surface area contributed by atoms with Gasteiger partial charge in [0.15, 0.2) is 24.4 Å². The van der Waals surface area contributed by atoms with Gasteiger partial charge < -0.3 is 34.3 Å². The largest absolute Gasteiger partial charge is 0.462 e. The minimum absolute atomic E-state index is 0.637. The Morgan fingerprint density at radius 3 is 1.26 bits per heavy atom. The average molecular weight is 490 g/mol. The molecule has 0 unspecified atom stereocenters. The fraction of sp³-hybridized carbons (Fsp3) is 0.650. The highest BCUT2D eigenvalue weighted by Gasteiger charge is 2.47. The Morgan fingerprint density at radius 2 is 0.912 bits per heavy atom. The van der Waals surface area contributed by atoms with Crippen LogP contribution in [0.25, 0.3) is 0 Å². The van der Waals surface area contributed by atoms with Gasteiger partial charge in [0.25, 0.3) is 0 Å². The van der Waals surface area contributed by atoms with Crippen LogP contribution in [0.2, 0.25) is 0 Å². The second-order valence-corrected chi connectivity index (χ2v) is 7.05. The van der Waals surface area contributed by atoms with Crippen molar-refractivity contribution in [2.75, 3.05) is 6.61 Å². The summed E-state index contributed by atoms with van der Waals surface area (Å²) in [6, 6.07) is 0. The van der Waals surface area contributed by atoms with Crippen LogP contribution in [-0.4, -0.2) is 78.8 Å². The highest BCUT2D eigenvalue weighted by atomic mass is 16.6. The molecule has 0 aromatic carbocycles. The van der Waals surface area contributed by atoms with E-state index in [4.69, 9.17) is 23.7 Å². The van der Waals surface area contributed by atoms with Crippen molar-refractivity contribution in [1.29, 1.82) is 0 Å². The molecule has 0 aliphatic rings. The van der Waals surface area contributed by atoms with Crippen LogP contribution in [0, 0.1) is 0 Å². The Balaban J connectivity index is 6.76. The van der Waals surface area contributed by atoms with E-state index >= 15 is 0 Å². The highest BCUT2D eigenvalue weighted by molar-refractivity contribution is 5.77. The highest BCUT2D eigenvalue weighted by Crippen LogP contribution is 2.22. The molecule has 14 nitrogen and oxygen atoms in total. The van der Waals surface area contributed by atoms with Crippen LogP contribution in [0.1, 0.15) is 48.5 Å². The Bertz CT molecular complexity index is 780. The second kappa shape index (κ2) is 14.4. The smallest absolute Gasteiger partial charge is 0.303 e. The average Bonchev–Trinajstić information content (AvgIpc) is 2.64. The molecule has 0 bridgehead atoms. The Kier molecular flexibility index (Phi) is 12.9. The molecule has 34 heavy (non-hydrogen) atoms. The van der Waals surface area contributed by atoms with Crippen molar-refractivity contribution in [2.45, 2.75) is 79.0 Å². The summed E-state index contributed by atoms with van der Waals surface area (Å²) in [6.07, 6.45) is -8.17. The molecule has 14 heteroatoms. The third-order valence-corrected chi connectivity index (χ3v) is 3.73. The molecule has 0 aliphatic heterocycles. The van der Waals surface area contributed by atoms with Gasteiger partial charge in [0.05, 0.1) is 0 Å². The van der Waals surface area contributed by atoms with E-state index in [1.807, 2.05) is 0 Å². The first kappa shape index (κ1) is 30.3. The SMILES string of the molecule is CC(=O)NC(NC(C)=O)[C@H](OC(C)=O)[C@@H](OC(C)=O)[C@H](OC(C)=O)[C@@H](COC(C)=O)OC(C)=O. The molecule has 0 fully saturated rings. The first-order valence-electron chi connectivity index (χ1n) is 10.00. The summed E-state index contributed by atoms with van der Waals surface area (Å²) in [5, 5.41) is 4.67. The van der Waals surface area contributed by atoms with Crippen LogP contribution in [0.5, 0.6) is 0 Å². The molecule has 192 valence electrons. The number of rotatable bonds is 12. The molecular formula is C20H30N2O12. The van der Waals surface area contributed by atoms with Gasteiger partial charge in [0.2, 0.25) is 11.8 Å². The molecular weight excluding hydrogens is 460 g/mol. The second-order valence-electron chi connectivity index (χ2n) is 7.05. The maximum atomic E-state index is 11.9. The molecule has 0 spiro atoms. The summed E-state index contributed by atoms with van der Waals surface area (Å²) >= 11 is 0. The molecule has 2 N–H and O–H groups in total. The van der Waals surface area contributed by atoms with Crippen molar-refractivity contribution >= 4 is 41.7 Å². The summed E-state index contributed by atoms with van der Waals surface area (Å²) in [4.78, 5) is 82.2. The summed E-state index contributed by atoms with van der Waals surface area (Å²) in [7, 11) is 0. The minimum atomic E-state index is -1.76. The summed E-state index contributed by atoms with van der Waals surface area (Å²) in [6.45, 7) is 6.64. The lowest BCUT2D eigenvalue weighted by Gasteiger charge is -2.38. The van der Waals surface area contributed by atoms with Gasteiger partial charge in [-0.15, -0.1) is 0 Å². The van der Waals surface area contributed by atoms with Gasteiger partial charge in [0.1, 0.15) is 12.8 Å². The third kappa shape index (κ3) is 12.4. The molecule has 2 amide bonds. The van der Waals surface area contributed by atoms with Crippen molar-refractivity contribution in [3.05, 3.63) is 0 Å². The standard InChI is InChI=1S/C20H30N2O12/c1-9(23)21-20(22-10(2)24)19(34-15(7)29)18(33-14(6)28)17(32-13(5)27)16(31-12(4)26)8-30-11(3)25/h16-20H,8H2,1-7H3,(H,21,23)(H,22,24)/t16-,17-,18+,19-/m1/s1. The zero-order chi connectivity index (χ0) is 26.6. The predicted octanol–water partition coefficient (Wildman–Crippen LogP) is -1.13. The molecule has 0 aromatic rings. The normalized spacial score (nSPS) is 13.9. The lowest BCUT2D eigenvalue weighted by atomic mass is 9.99. The quantitative estimate of drug-likeness (QED) is 0.191. The fourth-order valence-electron chi connectivity index (χ4n) is 2.82. The molecule has 0 saturated carbocycles. The van der Waals surface area contributed by atoms with Gasteiger partial charge in [-0.1, -0.05) is 0 Å². The molecule has 4 atom stereocenters. The number of esters is 5. The van der Waals surface area contributed by atoms with Crippen molar-refractivity contribution in [3.8, 4) is 0 Å². The molecule has 0 radical (unpaired) electrons. The van der Waals surface area contributed by atoms with E-state index in [9.17, 15) is 33.6 Å². The van der Waals surface area contributed by atoms with Crippen LogP contribution in [-0.2, 0) is 57.2 Å². The third-order valence-electron chi connectivity index (χ3n) is 3.73. The van der Waals surface area contributed by atoms with Crippen LogP contribution >= 0.6 is 0 Å². The first-order valence-corrected chi connectivity index (χ1v) is 10.00. The zero-order valence-corrected chi connectivity index (χ0v) is 20.0. The number of hydrogen-bond donors (Lipinski definition) is 2. The maximum absolute atomic E-state index is 11.9. The number of hydrogen-bond acceptors (Lipinski definition) is 12. The Labute approximate surface area is 195 Å². The topological polar surface area (TPSA) is 190 Å². The molecule has 0 rings (SSSR count). The van der Waals surface area contributed by atoms with E-state index in [0.29, 0.717) is 0 Å². The van der Waals surface area contributed by atoms with E-state index in [2.05, 4.69) is 10.6 Å². The first-order chi connectivity index (χ1) is 15.6. The van der Waals surface area contributed by atoms with E-state index in [1.165, 1.54) is 0 Å². The van der Waals surface area contributed by atoms with Gasteiger partial charge in [-0.3, -0.25) is 33.6 Å². The van der Waals surface area contributed by atoms with Crippen LogP contribution in [0.3, 0.4) is 0 Å². The van der Waals surface area contributed by atoms with Gasteiger partial charge in [-0.05, 0) is 0 Å². The van der Waals surface area contributed by atoms with E-state index in [0.717, 1.165) is 48.5 Å².